The van der Waals surface area contributed by atoms with Crippen molar-refractivity contribution in [1.82, 2.24) is 0 Å². The van der Waals surface area contributed by atoms with Gasteiger partial charge in [-0.15, -0.1) is 0 Å². The Hall–Kier alpha value is -1.54. The van der Waals surface area contributed by atoms with E-state index in [0.29, 0.717) is 25.9 Å². The number of hydrogen-bond donors (Lipinski definition) is 4. The molecule has 0 aromatic rings. The number of carboxylic acids is 4. The van der Waals surface area contributed by atoms with Crippen molar-refractivity contribution in [2.75, 3.05) is 26.6 Å². The summed E-state index contributed by atoms with van der Waals surface area (Å²) < 4.78 is -0.803. The molecule has 0 saturated heterocycles. The third-order valence-corrected chi connectivity index (χ3v) is 8.37. The Labute approximate surface area is 286 Å². The first kappa shape index (κ1) is 45.9. The molecule has 0 amide bonds. The standard InChI is InChI=1S/2C15H27NO5.Ca/c2*1-4-5-6-7-8-9-10-16(11-17,12(2)14(18)19)13(3)15(20)21;/h2*4-5,12-13,17H,6-11H2,1-3H3,(H-,18,19,20,21);/q;;+2/b2*5-4+;. The molecule has 0 fully saturated rings. The SMILES string of the molecule is C/C=C/CCCCC[N+](CO)(C(C)C(=O)[O-])C(C)C(=O)O.C/C=C/CCCCC[N+](CO)(C(C)C(=O)[O-])C(C)C(=O)O.[Ca+2]. The van der Waals surface area contributed by atoms with E-state index in [1.165, 1.54) is 27.7 Å². The van der Waals surface area contributed by atoms with Gasteiger partial charge in [0.2, 0.25) is 0 Å². The van der Waals surface area contributed by atoms with Gasteiger partial charge in [-0.2, -0.15) is 0 Å². The third-order valence-electron chi connectivity index (χ3n) is 8.37. The predicted octanol–water partition coefficient (Wildman–Crippen LogP) is 0.621. The van der Waals surface area contributed by atoms with Crippen molar-refractivity contribution in [3.8, 4) is 0 Å². The van der Waals surface area contributed by atoms with Gasteiger partial charge < -0.3 is 40.2 Å². The maximum Gasteiger partial charge on any atom is 2.00 e. The molecular weight excluding hydrogens is 588 g/mol. The largest absolute Gasteiger partial charge is 2.00 e. The number of carbonyl (C=O) groups is 4. The number of hydrogen-bond acceptors (Lipinski definition) is 8. The van der Waals surface area contributed by atoms with E-state index in [1.807, 2.05) is 26.0 Å². The fraction of sp³-hybridized carbons (Fsp3) is 0.733. The zero-order valence-electron chi connectivity index (χ0n) is 26.9. The minimum atomic E-state index is -1.34. The number of aliphatic hydroxyl groups is 2. The molecule has 0 aromatic heterocycles. The molecule has 0 heterocycles. The van der Waals surface area contributed by atoms with Crippen LogP contribution in [0.2, 0.25) is 0 Å². The van der Waals surface area contributed by atoms with Crippen molar-refractivity contribution in [2.24, 2.45) is 0 Å². The van der Waals surface area contributed by atoms with E-state index < -0.39 is 70.5 Å². The number of aliphatic carboxylic acids is 4. The summed E-state index contributed by atoms with van der Waals surface area (Å²) in [6.07, 6.45) is 14.9. The Balaban J connectivity index is -0.000000727. The number of nitrogens with zero attached hydrogens (tertiary/aromatic N) is 2. The molecular formula is C30H54CaN2O10+2. The van der Waals surface area contributed by atoms with Crippen molar-refractivity contribution >= 4 is 61.6 Å². The number of unbranched alkanes of at least 4 members (excludes halogenated alkanes) is 6. The monoisotopic (exact) mass is 642 g/mol. The summed E-state index contributed by atoms with van der Waals surface area (Å²) in [6, 6.07) is -4.15. The summed E-state index contributed by atoms with van der Waals surface area (Å²) in [4.78, 5) is 44.8. The second-order valence-electron chi connectivity index (χ2n) is 10.8. The van der Waals surface area contributed by atoms with Gasteiger partial charge in [0.15, 0.2) is 25.5 Å². The van der Waals surface area contributed by atoms with Crippen LogP contribution in [-0.4, -0.2) is 142 Å². The first-order chi connectivity index (χ1) is 19.7. The molecule has 0 aliphatic rings. The van der Waals surface area contributed by atoms with E-state index in [-0.39, 0.29) is 37.7 Å². The van der Waals surface area contributed by atoms with Crippen LogP contribution in [-0.2, 0) is 19.2 Å². The molecule has 244 valence electrons. The average Bonchev–Trinajstić information content (AvgIpc) is 2.95. The second-order valence-corrected chi connectivity index (χ2v) is 10.8. The van der Waals surface area contributed by atoms with E-state index >= 15 is 0 Å². The molecule has 4 N–H and O–H groups in total. The molecule has 0 radical (unpaired) electrons. The summed E-state index contributed by atoms with van der Waals surface area (Å²) in [5, 5.41) is 60.1. The molecule has 6 atom stereocenters. The number of allylic oxidation sites excluding steroid dienone is 4. The van der Waals surface area contributed by atoms with Crippen LogP contribution in [0, 0.1) is 0 Å². The Bertz CT molecular complexity index is 771. The average molecular weight is 643 g/mol. The number of carbonyl (C=O) groups excluding carboxylic acids is 2. The number of rotatable bonds is 22. The van der Waals surface area contributed by atoms with Gasteiger partial charge in [-0.25, -0.2) is 9.59 Å². The van der Waals surface area contributed by atoms with Crippen LogP contribution < -0.4 is 10.2 Å². The molecule has 0 aliphatic heterocycles. The normalized spacial score (nSPS) is 16.9. The van der Waals surface area contributed by atoms with Gasteiger partial charge in [0.25, 0.3) is 0 Å². The molecule has 0 spiro atoms. The van der Waals surface area contributed by atoms with Gasteiger partial charge in [0, 0.05) is 0 Å². The Morgan fingerprint density at radius 1 is 0.605 bits per heavy atom. The maximum atomic E-state index is 11.3. The van der Waals surface area contributed by atoms with Gasteiger partial charge >= 0.3 is 49.7 Å². The minimum Gasteiger partial charge on any atom is -0.544 e. The van der Waals surface area contributed by atoms with Crippen LogP contribution in [0.15, 0.2) is 24.3 Å². The van der Waals surface area contributed by atoms with Gasteiger partial charge in [-0.1, -0.05) is 24.3 Å². The van der Waals surface area contributed by atoms with Crippen LogP contribution in [0.1, 0.15) is 92.9 Å². The van der Waals surface area contributed by atoms with Crippen LogP contribution in [0.5, 0.6) is 0 Å². The van der Waals surface area contributed by atoms with Gasteiger partial charge in [-0.05, 0) is 92.9 Å². The van der Waals surface area contributed by atoms with Crippen molar-refractivity contribution in [3.63, 3.8) is 0 Å². The topological polar surface area (TPSA) is 195 Å². The van der Waals surface area contributed by atoms with Crippen molar-refractivity contribution < 1.29 is 58.8 Å². The summed E-state index contributed by atoms with van der Waals surface area (Å²) in [5.41, 5.74) is 0. The van der Waals surface area contributed by atoms with Crippen LogP contribution in [0.3, 0.4) is 0 Å². The van der Waals surface area contributed by atoms with E-state index in [4.69, 9.17) is 0 Å². The van der Waals surface area contributed by atoms with Crippen LogP contribution >= 0.6 is 0 Å². The van der Waals surface area contributed by atoms with Gasteiger partial charge in [0.1, 0.15) is 12.1 Å². The molecule has 13 heteroatoms. The summed E-state index contributed by atoms with van der Waals surface area (Å²) in [5.74, 6) is -4.92. The van der Waals surface area contributed by atoms with E-state index in [2.05, 4.69) is 12.2 Å². The second kappa shape index (κ2) is 24.7. The van der Waals surface area contributed by atoms with E-state index in [9.17, 15) is 49.8 Å². The molecule has 0 saturated carbocycles. The third kappa shape index (κ3) is 15.3. The summed E-state index contributed by atoms with van der Waals surface area (Å²) in [6.45, 7) is 9.08. The summed E-state index contributed by atoms with van der Waals surface area (Å²) >= 11 is 0. The van der Waals surface area contributed by atoms with E-state index in [0.717, 1.165) is 38.5 Å². The first-order valence-corrected chi connectivity index (χ1v) is 14.7. The zero-order valence-corrected chi connectivity index (χ0v) is 29.2. The quantitative estimate of drug-likeness (QED) is 0.0427. The first-order valence-electron chi connectivity index (χ1n) is 14.7. The molecule has 43 heavy (non-hydrogen) atoms. The zero-order chi connectivity index (χ0) is 32.9. The van der Waals surface area contributed by atoms with Crippen molar-refractivity contribution in [1.29, 1.82) is 0 Å². The number of carboxylic acid groups (broad SMARTS) is 4. The van der Waals surface area contributed by atoms with Gasteiger partial charge in [0.05, 0.1) is 25.0 Å². The molecule has 0 rings (SSSR count). The van der Waals surface area contributed by atoms with Crippen molar-refractivity contribution in [2.45, 2.75) is 117 Å². The molecule has 6 unspecified atom stereocenters. The fourth-order valence-electron chi connectivity index (χ4n) is 4.96. The Morgan fingerprint density at radius 2 is 0.907 bits per heavy atom. The molecule has 0 aliphatic carbocycles. The van der Waals surface area contributed by atoms with Gasteiger partial charge in [-0.3, -0.25) is 8.97 Å². The van der Waals surface area contributed by atoms with Crippen LogP contribution in [0.4, 0.5) is 0 Å². The molecule has 0 bridgehead atoms. The van der Waals surface area contributed by atoms with E-state index in [1.54, 1.807) is 0 Å². The number of quaternary nitrogens is 2. The maximum absolute atomic E-state index is 11.3. The Kier molecular flexibility index (Phi) is 26.4. The molecule has 0 aromatic carbocycles. The van der Waals surface area contributed by atoms with Crippen LogP contribution in [0.25, 0.3) is 0 Å². The molecule has 12 nitrogen and oxygen atoms in total. The smallest absolute Gasteiger partial charge is 0.544 e. The Morgan fingerprint density at radius 3 is 1.12 bits per heavy atom. The predicted molar refractivity (Wildman–Crippen MR) is 160 cm³/mol. The summed E-state index contributed by atoms with van der Waals surface area (Å²) in [7, 11) is 0. The minimum absolute atomic E-state index is 0. The van der Waals surface area contributed by atoms with Crippen molar-refractivity contribution in [3.05, 3.63) is 24.3 Å². The fourth-order valence-corrected chi connectivity index (χ4v) is 4.96. The number of aliphatic hydroxyl groups excluding tert-OH is 2.